The normalized spacial score (nSPS) is 10.4. The van der Waals surface area contributed by atoms with Crippen molar-refractivity contribution in [2.45, 2.75) is 13.8 Å². The molecule has 1 heterocycles. The smallest absolute Gasteiger partial charge is 0.340 e. The maximum Gasteiger partial charge on any atom is 0.340 e. The zero-order valence-electron chi connectivity index (χ0n) is 9.57. The monoisotopic (exact) mass is 215 g/mol. The number of carbonyl (C=O) groups excluding carboxylic acids is 1. The third kappa shape index (κ3) is 1.65. The van der Waals surface area contributed by atoms with Gasteiger partial charge in [0, 0.05) is 11.1 Å². The second-order valence-corrected chi connectivity index (χ2v) is 3.77. The van der Waals surface area contributed by atoms with Crippen LogP contribution in [0.5, 0.6) is 0 Å². The summed E-state index contributed by atoms with van der Waals surface area (Å²) in [6.07, 6.45) is 0. The molecule has 0 saturated carbocycles. The van der Waals surface area contributed by atoms with Crippen molar-refractivity contribution in [1.82, 2.24) is 4.98 Å². The van der Waals surface area contributed by atoms with E-state index in [1.165, 1.54) is 7.11 Å². The lowest BCUT2D eigenvalue weighted by atomic mass is 10.0. The molecule has 0 unspecified atom stereocenters. The Balaban J connectivity index is 2.80. The van der Waals surface area contributed by atoms with Crippen LogP contribution in [0.15, 0.2) is 24.3 Å². The molecule has 3 heteroatoms. The molecule has 0 bridgehead atoms. The average Bonchev–Trinajstić information content (AvgIpc) is 2.28. The first-order valence-electron chi connectivity index (χ1n) is 5.09. The minimum absolute atomic E-state index is 0.344. The number of pyridine rings is 1. The number of nitrogens with zero attached hydrogens (tertiary/aromatic N) is 1. The van der Waals surface area contributed by atoms with Crippen LogP contribution in [0.2, 0.25) is 0 Å². The molecule has 0 atom stereocenters. The molecule has 2 aromatic rings. The number of carbonyl (C=O) groups is 1. The lowest BCUT2D eigenvalue weighted by molar-refractivity contribution is 0.0603. The number of hydrogen-bond acceptors (Lipinski definition) is 3. The van der Waals surface area contributed by atoms with E-state index in [2.05, 4.69) is 4.98 Å². The molecule has 1 aromatic heterocycles. The number of rotatable bonds is 1. The molecule has 0 fully saturated rings. The summed E-state index contributed by atoms with van der Waals surface area (Å²) in [4.78, 5) is 16.0. The molecule has 0 amide bonds. The number of hydrogen-bond donors (Lipinski definition) is 0. The molecule has 0 radical (unpaired) electrons. The van der Waals surface area contributed by atoms with E-state index in [1.807, 2.05) is 32.0 Å². The molecule has 3 nitrogen and oxygen atoms in total. The molecule has 0 aliphatic rings. The van der Waals surface area contributed by atoms with Crippen LogP contribution in [-0.4, -0.2) is 18.1 Å². The maximum atomic E-state index is 11.6. The maximum absolute atomic E-state index is 11.6. The van der Waals surface area contributed by atoms with Crippen molar-refractivity contribution < 1.29 is 9.53 Å². The van der Waals surface area contributed by atoms with Crippen molar-refractivity contribution in [1.29, 1.82) is 0 Å². The first-order chi connectivity index (χ1) is 7.63. The molecule has 2 rings (SSSR count). The Kier molecular flexibility index (Phi) is 2.60. The number of ether oxygens (including phenoxy) is 1. The van der Waals surface area contributed by atoms with Crippen molar-refractivity contribution in [3.05, 3.63) is 41.1 Å². The van der Waals surface area contributed by atoms with E-state index in [9.17, 15) is 4.79 Å². The SMILES string of the molecule is COC(=O)c1ccc(C)c2ccc(C)nc12. The summed E-state index contributed by atoms with van der Waals surface area (Å²) >= 11 is 0. The molecule has 16 heavy (non-hydrogen) atoms. The van der Waals surface area contributed by atoms with Crippen molar-refractivity contribution >= 4 is 16.9 Å². The van der Waals surface area contributed by atoms with Gasteiger partial charge in [0.15, 0.2) is 0 Å². The molecule has 0 N–H and O–H groups in total. The summed E-state index contributed by atoms with van der Waals surface area (Å²) in [5.41, 5.74) is 3.23. The summed E-state index contributed by atoms with van der Waals surface area (Å²) in [7, 11) is 1.38. The van der Waals surface area contributed by atoms with Crippen molar-refractivity contribution in [3.8, 4) is 0 Å². The van der Waals surface area contributed by atoms with E-state index in [-0.39, 0.29) is 5.97 Å². The Hall–Kier alpha value is -1.90. The molecular weight excluding hydrogens is 202 g/mol. The fourth-order valence-electron chi connectivity index (χ4n) is 1.73. The highest BCUT2D eigenvalue weighted by atomic mass is 16.5. The topological polar surface area (TPSA) is 39.2 Å². The predicted octanol–water partition coefficient (Wildman–Crippen LogP) is 2.64. The summed E-state index contributed by atoms with van der Waals surface area (Å²) in [6, 6.07) is 7.59. The van der Waals surface area contributed by atoms with Gasteiger partial charge in [0.25, 0.3) is 0 Å². The van der Waals surface area contributed by atoms with E-state index >= 15 is 0 Å². The van der Waals surface area contributed by atoms with E-state index in [0.717, 1.165) is 16.6 Å². The Morgan fingerprint density at radius 3 is 2.62 bits per heavy atom. The van der Waals surface area contributed by atoms with Crippen LogP contribution in [0.3, 0.4) is 0 Å². The van der Waals surface area contributed by atoms with Crippen molar-refractivity contribution in [2.75, 3.05) is 7.11 Å². The second kappa shape index (κ2) is 3.93. The quantitative estimate of drug-likeness (QED) is 0.686. The zero-order chi connectivity index (χ0) is 11.7. The van der Waals surface area contributed by atoms with E-state index in [4.69, 9.17) is 4.74 Å². The van der Waals surface area contributed by atoms with Gasteiger partial charge in [-0.05, 0) is 31.5 Å². The van der Waals surface area contributed by atoms with Crippen LogP contribution in [-0.2, 0) is 4.74 Å². The molecule has 82 valence electrons. The second-order valence-electron chi connectivity index (χ2n) is 3.77. The Morgan fingerprint density at radius 2 is 1.94 bits per heavy atom. The van der Waals surface area contributed by atoms with Gasteiger partial charge >= 0.3 is 5.97 Å². The van der Waals surface area contributed by atoms with Crippen LogP contribution in [0.4, 0.5) is 0 Å². The minimum atomic E-state index is -0.344. The number of esters is 1. The van der Waals surface area contributed by atoms with Gasteiger partial charge in [0.1, 0.15) is 0 Å². The van der Waals surface area contributed by atoms with Gasteiger partial charge in [-0.15, -0.1) is 0 Å². The van der Waals surface area contributed by atoms with Crippen LogP contribution in [0.1, 0.15) is 21.6 Å². The molecule has 0 aliphatic heterocycles. The van der Waals surface area contributed by atoms with Gasteiger partial charge in [-0.2, -0.15) is 0 Å². The minimum Gasteiger partial charge on any atom is -0.465 e. The fourth-order valence-corrected chi connectivity index (χ4v) is 1.73. The van der Waals surface area contributed by atoms with E-state index < -0.39 is 0 Å². The summed E-state index contributed by atoms with van der Waals surface area (Å²) < 4.78 is 4.75. The van der Waals surface area contributed by atoms with Gasteiger partial charge in [-0.3, -0.25) is 4.98 Å². The Morgan fingerprint density at radius 1 is 1.19 bits per heavy atom. The van der Waals surface area contributed by atoms with Gasteiger partial charge in [-0.25, -0.2) is 4.79 Å². The highest BCUT2D eigenvalue weighted by molar-refractivity contribution is 6.03. The molecule has 0 aliphatic carbocycles. The Labute approximate surface area is 94.1 Å². The number of aryl methyl sites for hydroxylation is 2. The average molecular weight is 215 g/mol. The Bertz CT molecular complexity index is 561. The third-order valence-electron chi connectivity index (χ3n) is 2.62. The number of benzene rings is 1. The molecule has 0 spiro atoms. The highest BCUT2D eigenvalue weighted by Gasteiger charge is 2.12. The van der Waals surface area contributed by atoms with Crippen molar-refractivity contribution in [2.24, 2.45) is 0 Å². The van der Waals surface area contributed by atoms with E-state index in [1.54, 1.807) is 6.07 Å². The molecule has 1 aromatic carbocycles. The first kappa shape index (κ1) is 10.6. The van der Waals surface area contributed by atoms with Crippen LogP contribution in [0.25, 0.3) is 10.9 Å². The number of fused-ring (bicyclic) bond motifs is 1. The predicted molar refractivity (Wildman–Crippen MR) is 62.6 cm³/mol. The largest absolute Gasteiger partial charge is 0.465 e. The lowest BCUT2D eigenvalue weighted by Gasteiger charge is -2.07. The summed E-state index contributed by atoms with van der Waals surface area (Å²) in [5, 5.41) is 0.994. The lowest BCUT2D eigenvalue weighted by Crippen LogP contribution is -2.04. The number of aromatic nitrogens is 1. The molecule has 0 saturated heterocycles. The first-order valence-corrected chi connectivity index (χ1v) is 5.09. The summed E-state index contributed by atoms with van der Waals surface area (Å²) in [5.74, 6) is -0.344. The van der Waals surface area contributed by atoms with Gasteiger partial charge in [0.2, 0.25) is 0 Å². The zero-order valence-corrected chi connectivity index (χ0v) is 9.57. The van der Waals surface area contributed by atoms with E-state index in [0.29, 0.717) is 11.1 Å². The summed E-state index contributed by atoms with van der Waals surface area (Å²) in [6.45, 7) is 3.91. The number of methoxy groups -OCH3 is 1. The van der Waals surface area contributed by atoms with Crippen molar-refractivity contribution in [3.63, 3.8) is 0 Å². The van der Waals surface area contributed by atoms with Crippen LogP contribution in [0, 0.1) is 13.8 Å². The highest BCUT2D eigenvalue weighted by Crippen LogP contribution is 2.21. The fraction of sp³-hybridized carbons (Fsp3) is 0.231. The third-order valence-corrected chi connectivity index (χ3v) is 2.62. The van der Waals surface area contributed by atoms with Gasteiger partial charge < -0.3 is 4.74 Å². The molecular formula is C13H13NO2. The van der Waals surface area contributed by atoms with Crippen LogP contribution < -0.4 is 0 Å². The van der Waals surface area contributed by atoms with Gasteiger partial charge in [0.05, 0.1) is 18.2 Å². The standard InChI is InChI=1S/C13H13NO2/c1-8-4-6-11(13(15)16-3)12-10(8)7-5-9(2)14-12/h4-7H,1-3H3. The van der Waals surface area contributed by atoms with Crippen LogP contribution >= 0.6 is 0 Å². The van der Waals surface area contributed by atoms with Gasteiger partial charge in [-0.1, -0.05) is 12.1 Å².